The lowest BCUT2D eigenvalue weighted by Gasteiger charge is -2.43. The standard InChI is InChI=1S/C21H36FN6O4P.C12H15FN4O4.CH4O/c1-8-30-11-24-33(28(12(2)3)13(4)5)32-19-14(6)31-9-16(17(19)22)27-10-23-18-20(27)25-15(7)26-21(18)29;1-5-15-11-9(12(20)16-5)14-4-17(11)6-3-21-7(2-18)10(19)8(6)13;1-2/h10,12-14,16-17,19,24H,8-9,11H2,1-7H3,(H,25,26,29);4,6-8,10,18-19H,2-3H2,1H3,(H,15,16,20);2H,1H3/i6D;;2T. The number of imidazole rings is 2. The number of aliphatic hydroxyl groups is 3. The van der Waals surface area contributed by atoms with Crippen LogP contribution in [0.4, 0.5) is 8.78 Å². The fraction of sp³-hybridized carbons (Fsp3) is 0.706. The highest BCUT2D eigenvalue weighted by atomic mass is 31.2. The van der Waals surface area contributed by atoms with E-state index in [1.54, 1.807) is 13.8 Å². The predicted octanol–water partition coefficient (Wildman–Crippen LogP) is 1.71. The maximum absolute atomic E-state index is 16.1. The van der Waals surface area contributed by atoms with E-state index in [1.165, 1.54) is 28.9 Å². The molecule has 0 amide bonds. The van der Waals surface area contributed by atoms with Gasteiger partial charge in [-0.15, -0.1) is 0 Å². The molecule has 2 saturated heterocycles. The van der Waals surface area contributed by atoms with Crippen LogP contribution in [-0.2, 0) is 18.7 Å². The summed E-state index contributed by atoms with van der Waals surface area (Å²) in [6.45, 7) is 13.5. The summed E-state index contributed by atoms with van der Waals surface area (Å²) in [5.74, 6) is 0.798. The molecule has 6 heterocycles. The summed E-state index contributed by atoms with van der Waals surface area (Å²) in [7, 11) is -0.167. The lowest BCUT2D eigenvalue weighted by molar-refractivity contribution is -0.148. The first-order valence-corrected chi connectivity index (χ1v) is 19.4. The highest BCUT2D eigenvalue weighted by molar-refractivity contribution is 7.47. The largest absolute Gasteiger partial charge is 0.400 e. The molecule has 9 unspecified atom stereocenters. The fourth-order valence-corrected chi connectivity index (χ4v) is 8.37. The average molecular weight is 820 g/mol. The van der Waals surface area contributed by atoms with Crippen molar-refractivity contribution >= 4 is 30.8 Å². The second-order valence-electron chi connectivity index (χ2n) is 13.6. The highest BCUT2D eigenvalue weighted by Gasteiger charge is 2.44. The number of nitrogens with zero attached hydrogens (tertiary/aromatic N) is 7. The van der Waals surface area contributed by atoms with Crippen LogP contribution in [0.5, 0.6) is 0 Å². The number of aromatic nitrogens is 8. The third-order valence-corrected chi connectivity index (χ3v) is 11.3. The van der Waals surface area contributed by atoms with E-state index in [0.29, 0.717) is 23.9 Å². The second-order valence-corrected chi connectivity index (χ2v) is 15.1. The molecule has 314 valence electrons. The monoisotopic (exact) mass is 819 g/mol. The molecule has 0 aliphatic carbocycles. The first kappa shape index (κ1) is 42.2. The Kier molecular flexibility index (Phi) is 15.4. The molecule has 22 heteroatoms. The quantitative estimate of drug-likeness (QED) is 0.0678. The van der Waals surface area contributed by atoms with Crippen LogP contribution in [0.1, 0.15) is 66.6 Å². The Balaban J connectivity index is 0.000000263. The van der Waals surface area contributed by atoms with Gasteiger partial charge in [0.15, 0.2) is 43.1 Å². The van der Waals surface area contributed by atoms with Crippen molar-refractivity contribution in [2.75, 3.05) is 40.3 Å². The molecule has 2 aliphatic heterocycles. The van der Waals surface area contributed by atoms with Crippen molar-refractivity contribution in [3.8, 4) is 0 Å². The van der Waals surface area contributed by atoms with Crippen LogP contribution in [0, 0.1) is 13.8 Å². The van der Waals surface area contributed by atoms with E-state index in [4.69, 9.17) is 26.6 Å². The molecule has 0 spiro atoms. The maximum Gasteiger partial charge on any atom is 0.279 e. The topological polar surface area (TPSA) is 240 Å². The minimum atomic E-state index is -1.66. The van der Waals surface area contributed by atoms with Gasteiger partial charge in [-0.3, -0.25) is 9.59 Å². The van der Waals surface area contributed by atoms with E-state index in [0.717, 1.165) is 0 Å². The second kappa shape index (κ2) is 20.4. The Hall–Kier alpha value is -3.37. The number of hydrogen-bond acceptors (Lipinski definition) is 15. The Morgan fingerprint density at radius 1 is 1.04 bits per heavy atom. The van der Waals surface area contributed by atoms with E-state index in [2.05, 4.69) is 72.5 Å². The number of ether oxygens (including phenoxy) is 3. The normalized spacial score (nSPS) is 26.5. The van der Waals surface area contributed by atoms with Gasteiger partial charge in [0.2, 0.25) is 1.43 Å². The summed E-state index contributed by atoms with van der Waals surface area (Å²) in [5.41, 5.74) is -0.00290. The Bertz CT molecular complexity index is 2000. The van der Waals surface area contributed by atoms with Gasteiger partial charge in [-0.05, 0) is 55.4 Å². The van der Waals surface area contributed by atoms with Crippen molar-refractivity contribution in [2.24, 2.45) is 0 Å². The van der Waals surface area contributed by atoms with Gasteiger partial charge >= 0.3 is 0 Å². The molecule has 0 radical (unpaired) electrons. The summed E-state index contributed by atoms with van der Waals surface area (Å²) in [4.78, 5) is 45.7. The van der Waals surface area contributed by atoms with Gasteiger partial charge < -0.3 is 53.2 Å². The Morgan fingerprint density at radius 3 is 2.04 bits per heavy atom. The van der Waals surface area contributed by atoms with Crippen molar-refractivity contribution in [2.45, 2.75) is 116 Å². The third-order valence-electron chi connectivity index (χ3n) is 9.08. The first-order valence-electron chi connectivity index (χ1n) is 19.3. The van der Waals surface area contributed by atoms with Crippen molar-refractivity contribution in [3.05, 3.63) is 45.0 Å². The number of aryl methyl sites for hydroxylation is 2. The number of H-pyrrole nitrogens is 2. The highest BCUT2D eigenvalue weighted by Crippen LogP contribution is 2.45. The number of nitrogens with one attached hydrogen (secondary N) is 3. The van der Waals surface area contributed by atoms with Crippen molar-refractivity contribution < 1.29 is 44.2 Å². The molecule has 2 aliphatic rings. The van der Waals surface area contributed by atoms with Crippen LogP contribution in [-0.4, -0.2) is 150 Å². The predicted molar refractivity (Wildman–Crippen MR) is 204 cm³/mol. The number of alkyl halides is 2. The zero-order chi connectivity index (χ0) is 42.8. The molecule has 19 nitrogen and oxygen atoms in total. The number of rotatable bonds is 12. The first-order chi connectivity index (χ1) is 27.6. The Morgan fingerprint density at radius 2 is 1.55 bits per heavy atom. The molecule has 6 N–H and O–H groups in total. The van der Waals surface area contributed by atoms with Gasteiger partial charge in [-0.2, -0.15) is 0 Å². The van der Waals surface area contributed by atoms with E-state index >= 15 is 4.39 Å². The maximum atomic E-state index is 16.1. The van der Waals surface area contributed by atoms with Gasteiger partial charge in [0.05, 0.1) is 50.7 Å². The van der Waals surface area contributed by atoms with Crippen LogP contribution in [0.15, 0.2) is 22.2 Å². The fourth-order valence-electron chi connectivity index (χ4n) is 6.50. The van der Waals surface area contributed by atoms with Crippen LogP contribution in [0.3, 0.4) is 0 Å². The Labute approximate surface area is 326 Å². The molecule has 0 bridgehead atoms. The molecule has 4 aromatic heterocycles. The SMILES string of the molecule is Cc1nc2c(ncn2C2COC(CO)C(O)C2F)c(=O)[nH]1.[2H]CC1OCC(n2cnc3c(=O)[nH]c(C)nc32)C(F)C1OP(NCOCC)N(C(C)C)C(C)C.[3H]OC. The third kappa shape index (κ3) is 10.0. The summed E-state index contributed by atoms with van der Waals surface area (Å²) in [6, 6.07) is -1.41. The number of fused-ring (bicyclic) bond motifs is 2. The molecule has 2 fully saturated rings. The van der Waals surface area contributed by atoms with E-state index in [9.17, 15) is 19.1 Å². The molecular weight excluding hydrogens is 761 g/mol. The van der Waals surface area contributed by atoms with Gasteiger partial charge in [0.25, 0.3) is 11.1 Å². The molecule has 6 rings (SSSR count). The smallest absolute Gasteiger partial charge is 0.279 e. The van der Waals surface area contributed by atoms with E-state index in [1.807, 2.05) is 6.92 Å². The molecule has 9 atom stereocenters. The average Bonchev–Trinajstić information content (AvgIpc) is 3.79. The summed E-state index contributed by atoms with van der Waals surface area (Å²) in [5, 5.41) is 25.6. The lowest BCUT2D eigenvalue weighted by atomic mass is 9.99. The van der Waals surface area contributed by atoms with E-state index in [-0.39, 0.29) is 61.2 Å². The van der Waals surface area contributed by atoms with Gasteiger partial charge in [-0.1, -0.05) is 0 Å². The van der Waals surface area contributed by atoms with E-state index < -0.39 is 69.5 Å². The molecule has 0 saturated carbocycles. The molecule has 0 aromatic carbocycles. The summed E-state index contributed by atoms with van der Waals surface area (Å²) < 4.78 is 72.2. The van der Waals surface area contributed by atoms with Gasteiger partial charge in [-0.25, -0.2) is 38.5 Å². The van der Waals surface area contributed by atoms with Crippen LogP contribution < -0.4 is 16.2 Å². The minimum absolute atomic E-state index is 0.0198. The van der Waals surface area contributed by atoms with Crippen molar-refractivity contribution in [3.63, 3.8) is 0 Å². The molecule has 56 heavy (non-hydrogen) atoms. The van der Waals surface area contributed by atoms with Crippen LogP contribution in [0.25, 0.3) is 22.3 Å². The number of aromatic amines is 2. The minimum Gasteiger partial charge on any atom is -0.400 e. The van der Waals surface area contributed by atoms with Crippen molar-refractivity contribution in [1.29, 1.82) is 1.43 Å². The van der Waals surface area contributed by atoms with Crippen LogP contribution in [0.2, 0.25) is 0 Å². The zero-order valence-electron chi connectivity index (χ0n) is 34.8. The summed E-state index contributed by atoms with van der Waals surface area (Å²) in [6.07, 6.45) is -4.60. The number of halogens is 2. The lowest BCUT2D eigenvalue weighted by Crippen LogP contribution is -2.50. The van der Waals surface area contributed by atoms with Crippen molar-refractivity contribution in [1.82, 2.24) is 48.8 Å². The van der Waals surface area contributed by atoms with Gasteiger partial charge in [0, 0.05) is 27.2 Å². The molecular formula is C34H55F2N10O9P. The number of hydrogen-bond donors (Lipinski definition) is 6. The number of aliphatic hydroxyl groups excluding tert-OH is 3. The zero-order valence-corrected chi connectivity index (χ0v) is 33.7. The van der Waals surface area contributed by atoms with Gasteiger partial charge in [0.1, 0.15) is 36.7 Å². The summed E-state index contributed by atoms with van der Waals surface area (Å²) >= 11 is 0. The van der Waals surface area contributed by atoms with Crippen LogP contribution >= 0.6 is 8.45 Å². The molecule has 4 aromatic rings.